The number of imide groups is 1. The van der Waals surface area contributed by atoms with E-state index < -0.39 is 6.04 Å². The Bertz CT molecular complexity index is 508. The largest absolute Gasteiger partial charge is 0.394 e. The van der Waals surface area contributed by atoms with Crippen LogP contribution in [0.5, 0.6) is 0 Å². The molecule has 0 saturated heterocycles. The van der Waals surface area contributed by atoms with Gasteiger partial charge in [0.25, 0.3) is 11.8 Å². The Morgan fingerprint density at radius 1 is 1.17 bits per heavy atom. The zero-order valence-corrected chi connectivity index (χ0v) is 10.8. The van der Waals surface area contributed by atoms with Crippen molar-refractivity contribution in [2.75, 3.05) is 6.61 Å². The van der Waals surface area contributed by atoms with Crippen LogP contribution in [-0.2, 0) is 0 Å². The average Bonchev–Trinajstić information content (AvgIpc) is 2.55. The Balaban J connectivity index is 2.45. The molecular weight excluding hydrogens is 230 g/mol. The fourth-order valence-electron chi connectivity index (χ4n) is 2.27. The van der Waals surface area contributed by atoms with Crippen LogP contribution >= 0.6 is 0 Å². The highest BCUT2D eigenvalue weighted by Crippen LogP contribution is 2.27. The molecule has 0 aliphatic carbocycles. The molecule has 0 fully saturated rings. The minimum atomic E-state index is -0.460. The minimum absolute atomic E-state index is 0.0262. The lowest BCUT2D eigenvalue weighted by Gasteiger charge is -2.27. The molecule has 0 saturated carbocycles. The van der Waals surface area contributed by atoms with Crippen molar-refractivity contribution in [3.63, 3.8) is 0 Å². The van der Waals surface area contributed by atoms with Crippen LogP contribution in [0.2, 0.25) is 0 Å². The maximum atomic E-state index is 12.3. The number of nitrogens with zero attached hydrogens (tertiary/aromatic N) is 1. The fourth-order valence-corrected chi connectivity index (χ4v) is 2.27. The highest BCUT2D eigenvalue weighted by atomic mass is 16.3. The van der Waals surface area contributed by atoms with Crippen molar-refractivity contribution in [3.05, 3.63) is 34.9 Å². The lowest BCUT2D eigenvalue weighted by molar-refractivity contribution is 0.0452. The van der Waals surface area contributed by atoms with E-state index in [1.807, 2.05) is 26.8 Å². The average molecular weight is 247 g/mol. The lowest BCUT2D eigenvalue weighted by atomic mass is 10.0. The number of aliphatic hydroxyl groups is 1. The van der Waals surface area contributed by atoms with Gasteiger partial charge in [0.15, 0.2) is 0 Å². The van der Waals surface area contributed by atoms with Crippen molar-refractivity contribution in [1.29, 1.82) is 0 Å². The van der Waals surface area contributed by atoms with E-state index in [9.17, 15) is 14.7 Å². The number of carbonyl (C=O) groups excluding carboxylic acids is 2. The van der Waals surface area contributed by atoms with E-state index in [2.05, 4.69) is 0 Å². The van der Waals surface area contributed by atoms with Gasteiger partial charge in [0, 0.05) is 0 Å². The monoisotopic (exact) mass is 247 g/mol. The molecule has 0 spiro atoms. The highest BCUT2D eigenvalue weighted by molar-refractivity contribution is 6.21. The first-order valence-electron chi connectivity index (χ1n) is 6.06. The normalized spacial score (nSPS) is 16.4. The molecule has 1 N–H and O–H groups in total. The maximum absolute atomic E-state index is 12.3. The molecule has 0 bridgehead atoms. The molecule has 2 amide bonds. The van der Waals surface area contributed by atoms with Crippen LogP contribution in [0.15, 0.2) is 18.2 Å². The van der Waals surface area contributed by atoms with Crippen LogP contribution in [0.4, 0.5) is 0 Å². The van der Waals surface area contributed by atoms with Crippen LogP contribution in [0.25, 0.3) is 0 Å². The summed E-state index contributed by atoms with van der Waals surface area (Å²) in [6, 6.07) is 4.76. The van der Waals surface area contributed by atoms with Crippen molar-refractivity contribution in [3.8, 4) is 0 Å². The predicted molar refractivity (Wildman–Crippen MR) is 67.4 cm³/mol. The van der Waals surface area contributed by atoms with E-state index >= 15 is 0 Å². The fraction of sp³-hybridized carbons (Fsp3) is 0.429. The van der Waals surface area contributed by atoms with Crippen LogP contribution in [0, 0.1) is 12.8 Å². The summed E-state index contributed by atoms with van der Waals surface area (Å²) in [5.74, 6) is -0.576. The van der Waals surface area contributed by atoms with Crippen LogP contribution in [-0.4, -0.2) is 34.5 Å². The van der Waals surface area contributed by atoms with Crippen LogP contribution in [0.3, 0.4) is 0 Å². The third-order valence-electron chi connectivity index (χ3n) is 3.36. The number of fused-ring (bicyclic) bond motifs is 1. The van der Waals surface area contributed by atoms with Gasteiger partial charge >= 0.3 is 0 Å². The predicted octanol–water partition coefficient (Wildman–Crippen LogP) is 1.61. The van der Waals surface area contributed by atoms with Crippen molar-refractivity contribution < 1.29 is 14.7 Å². The number of hydrogen-bond acceptors (Lipinski definition) is 3. The molecule has 18 heavy (non-hydrogen) atoms. The van der Waals surface area contributed by atoms with Gasteiger partial charge in [-0.1, -0.05) is 25.5 Å². The Hall–Kier alpha value is -1.68. The summed E-state index contributed by atoms with van der Waals surface area (Å²) in [6.45, 7) is 5.44. The summed E-state index contributed by atoms with van der Waals surface area (Å²) in [5, 5.41) is 9.38. The molecule has 0 unspecified atom stereocenters. The molecule has 1 heterocycles. The third kappa shape index (κ3) is 1.82. The number of benzene rings is 1. The minimum Gasteiger partial charge on any atom is -0.394 e. The second-order valence-electron chi connectivity index (χ2n) is 5.02. The summed E-state index contributed by atoms with van der Waals surface area (Å²) in [6.07, 6.45) is 0. The van der Waals surface area contributed by atoms with Crippen LogP contribution in [0.1, 0.15) is 40.1 Å². The van der Waals surface area contributed by atoms with Crippen molar-refractivity contribution in [2.45, 2.75) is 26.8 Å². The topological polar surface area (TPSA) is 57.6 Å². The van der Waals surface area contributed by atoms with Gasteiger partial charge in [-0.2, -0.15) is 0 Å². The summed E-state index contributed by atoms with van der Waals surface area (Å²) >= 11 is 0. The Morgan fingerprint density at radius 2 is 1.78 bits per heavy atom. The maximum Gasteiger partial charge on any atom is 0.261 e. The van der Waals surface area contributed by atoms with Crippen molar-refractivity contribution in [2.24, 2.45) is 5.92 Å². The van der Waals surface area contributed by atoms with E-state index in [1.54, 1.807) is 12.1 Å². The summed E-state index contributed by atoms with van der Waals surface area (Å²) in [7, 11) is 0. The van der Waals surface area contributed by atoms with E-state index in [1.165, 1.54) is 4.90 Å². The van der Waals surface area contributed by atoms with E-state index in [-0.39, 0.29) is 24.3 Å². The summed E-state index contributed by atoms with van der Waals surface area (Å²) < 4.78 is 0. The summed E-state index contributed by atoms with van der Waals surface area (Å²) in [4.78, 5) is 25.7. The molecule has 0 aromatic heterocycles. The van der Waals surface area contributed by atoms with Crippen molar-refractivity contribution in [1.82, 2.24) is 4.90 Å². The first-order valence-corrected chi connectivity index (χ1v) is 6.06. The van der Waals surface area contributed by atoms with Crippen molar-refractivity contribution >= 4 is 11.8 Å². The van der Waals surface area contributed by atoms with Gasteiger partial charge in [0.05, 0.1) is 23.8 Å². The van der Waals surface area contributed by atoms with Gasteiger partial charge in [-0.05, 0) is 25.0 Å². The molecule has 1 aliphatic heterocycles. The quantitative estimate of drug-likeness (QED) is 0.825. The van der Waals surface area contributed by atoms with E-state index in [4.69, 9.17) is 0 Å². The molecule has 1 atom stereocenters. The summed E-state index contributed by atoms with van der Waals surface area (Å²) in [5.41, 5.74) is 1.82. The number of hydrogen-bond donors (Lipinski definition) is 1. The number of aliphatic hydroxyl groups excluding tert-OH is 1. The second kappa shape index (κ2) is 4.53. The zero-order chi connectivity index (χ0) is 13.4. The molecule has 4 heteroatoms. The van der Waals surface area contributed by atoms with E-state index in [0.29, 0.717) is 11.1 Å². The SMILES string of the molecule is Cc1ccc2c(c1)C(=O)N([C@@H](CO)C(C)C)C2=O. The Kier molecular flexibility index (Phi) is 3.22. The molecule has 96 valence electrons. The molecule has 1 aliphatic rings. The molecule has 1 aromatic carbocycles. The van der Waals surface area contributed by atoms with Gasteiger partial charge in [0.2, 0.25) is 0 Å². The van der Waals surface area contributed by atoms with Gasteiger partial charge in [-0.15, -0.1) is 0 Å². The third-order valence-corrected chi connectivity index (χ3v) is 3.36. The first-order chi connectivity index (χ1) is 8.47. The zero-order valence-electron chi connectivity index (χ0n) is 10.8. The number of aryl methyl sites for hydroxylation is 1. The molecular formula is C14H17NO3. The highest BCUT2D eigenvalue weighted by Gasteiger charge is 2.40. The smallest absolute Gasteiger partial charge is 0.261 e. The molecule has 4 nitrogen and oxygen atoms in total. The molecule has 1 aromatic rings. The lowest BCUT2D eigenvalue weighted by Crippen LogP contribution is -2.45. The molecule has 2 rings (SSSR count). The second-order valence-corrected chi connectivity index (χ2v) is 5.02. The van der Waals surface area contributed by atoms with E-state index in [0.717, 1.165) is 5.56 Å². The Morgan fingerprint density at radius 3 is 2.33 bits per heavy atom. The van der Waals surface area contributed by atoms with Gasteiger partial charge in [-0.3, -0.25) is 14.5 Å². The van der Waals surface area contributed by atoms with Crippen LogP contribution < -0.4 is 0 Å². The number of carbonyl (C=O) groups is 2. The molecule has 0 radical (unpaired) electrons. The number of rotatable bonds is 3. The first kappa shape index (κ1) is 12.8. The van der Waals surface area contributed by atoms with Gasteiger partial charge in [0.1, 0.15) is 0 Å². The van der Waals surface area contributed by atoms with Gasteiger partial charge < -0.3 is 5.11 Å². The number of amides is 2. The standard InChI is InChI=1S/C14H17NO3/c1-8(2)12(7-16)15-13(17)10-5-4-9(3)6-11(10)14(15)18/h4-6,8,12,16H,7H2,1-3H3/t12-/m0/s1. The Labute approximate surface area is 106 Å². The van der Waals surface area contributed by atoms with Gasteiger partial charge in [-0.25, -0.2) is 0 Å².